The fourth-order valence-electron chi connectivity index (χ4n) is 3.98. The monoisotopic (exact) mass is 416 g/mol. The number of nitrogens with one attached hydrogen (secondary N) is 1. The van der Waals surface area contributed by atoms with Crippen molar-refractivity contribution in [3.63, 3.8) is 0 Å². The topological polar surface area (TPSA) is 75.9 Å². The third-order valence-corrected chi connectivity index (χ3v) is 5.50. The van der Waals surface area contributed by atoms with Gasteiger partial charge in [0.05, 0.1) is 17.0 Å². The van der Waals surface area contributed by atoms with Crippen LogP contribution >= 0.6 is 0 Å². The number of hydrogen-bond acceptors (Lipinski definition) is 5. The first kappa shape index (κ1) is 19.2. The molecular weight excluding hydrogens is 395 g/mol. The van der Waals surface area contributed by atoms with Crippen molar-refractivity contribution in [3.8, 4) is 5.69 Å². The molecule has 0 spiro atoms. The predicted octanol–water partition coefficient (Wildman–Crippen LogP) is 3.81. The molecule has 0 saturated carbocycles. The molecule has 1 N–H and O–H groups in total. The highest BCUT2D eigenvalue weighted by atomic mass is 19.1. The Morgan fingerprint density at radius 3 is 2.81 bits per heavy atom. The summed E-state index contributed by atoms with van der Waals surface area (Å²) in [7, 11) is 0. The lowest BCUT2D eigenvalue weighted by Crippen LogP contribution is -2.41. The highest BCUT2D eigenvalue weighted by Crippen LogP contribution is 2.28. The molecule has 3 heterocycles. The first-order chi connectivity index (χ1) is 15.2. The molecule has 156 valence electrons. The van der Waals surface area contributed by atoms with E-state index in [1.807, 2.05) is 36.5 Å². The van der Waals surface area contributed by atoms with Gasteiger partial charge in [-0.25, -0.2) is 19.0 Å². The van der Waals surface area contributed by atoms with Gasteiger partial charge in [0.15, 0.2) is 5.65 Å². The molecule has 1 fully saturated rings. The third-order valence-electron chi connectivity index (χ3n) is 5.50. The van der Waals surface area contributed by atoms with Gasteiger partial charge in [0.25, 0.3) is 0 Å². The average molecular weight is 416 g/mol. The summed E-state index contributed by atoms with van der Waals surface area (Å²) in [6.07, 6.45) is 5.07. The highest BCUT2D eigenvalue weighted by Gasteiger charge is 2.28. The Hall–Kier alpha value is -3.81. The second-order valence-corrected chi connectivity index (χ2v) is 7.63. The molecule has 1 amide bonds. The minimum atomic E-state index is -0.373. The standard InChI is InChI=1S/C23H21FN6O/c24-17-7-4-8-18(12-17)27-23(31)16-6-5-11-29(13-16)22-20-14-30(19-9-2-1-3-10-19)28-21(20)25-15-26-22/h1-4,7-10,12,14-16H,5-6,11,13H2,(H,27,31). The van der Waals surface area contributed by atoms with E-state index in [0.717, 1.165) is 36.3 Å². The summed E-state index contributed by atoms with van der Waals surface area (Å²) in [6, 6.07) is 15.8. The largest absolute Gasteiger partial charge is 0.355 e. The molecule has 8 heteroatoms. The molecule has 1 saturated heterocycles. The third kappa shape index (κ3) is 3.96. The van der Waals surface area contributed by atoms with Gasteiger partial charge in [-0.3, -0.25) is 4.79 Å². The Bertz CT molecular complexity index is 1230. The summed E-state index contributed by atoms with van der Waals surface area (Å²) >= 11 is 0. The summed E-state index contributed by atoms with van der Waals surface area (Å²) in [5.74, 6) is 0.0732. The van der Waals surface area contributed by atoms with E-state index < -0.39 is 0 Å². The quantitative estimate of drug-likeness (QED) is 0.548. The van der Waals surface area contributed by atoms with Gasteiger partial charge in [-0.1, -0.05) is 24.3 Å². The van der Waals surface area contributed by atoms with Crippen LogP contribution in [0.3, 0.4) is 0 Å². The molecule has 2 aromatic heterocycles. The Labute approximate surface area is 178 Å². The van der Waals surface area contributed by atoms with E-state index in [2.05, 4.69) is 25.3 Å². The fraction of sp³-hybridized carbons (Fsp3) is 0.217. The van der Waals surface area contributed by atoms with Gasteiger partial charge in [0, 0.05) is 25.0 Å². The Balaban J connectivity index is 1.38. The van der Waals surface area contributed by atoms with Crippen LogP contribution in [0.25, 0.3) is 16.7 Å². The lowest BCUT2D eigenvalue weighted by Gasteiger charge is -2.33. The molecular formula is C23H21FN6O. The van der Waals surface area contributed by atoms with Crippen LogP contribution in [-0.2, 0) is 4.79 Å². The van der Waals surface area contributed by atoms with Crippen molar-refractivity contribution >= 4 is 28.4 Å². The van der Waals surface area contributed by atoms with Crippen molar-refractivity contribution < 1.29 is 9.18 Å². The molecule has 0 radical (unpaired) electrons. The van der Waals surface area contributed by atoms with Crippen LogP contribution in [0.1, 0.15) is 12.8 Å². The van der Waals surface area contributed by atoms with Gasteiger partial charge in [0.1, 0.15) is 18.0 Å². The van der Waals surface area contributed by atoms with Crippen LogP contribution in [0.2, 0.25) is 0 Å². The predicted molar refractivity (Wildman–Crippen MR) is 117 cm³/mol. The molecule has 4 aromatic rings. The van der Waals surface area contributed by atoms with Crippen LogP contribution in [0.4, 0.5) is 15.9 Å². The average Bonchev–Trinajstić information content (AvgIpc) is 3.24. The maximum atomic E-state index is 13.4. The number of para-hydroxylation sites is 1. The van der Waals surface area contributed by atoms with Gasteiger partial charge in [-0.05, 0) is 43.2 Å². The smallest absolute Gasteiger partial charge is 0.229 e. The number of carbonyl (C=O) groups excluding carboxylic acids is 1. The zero-order valence-corrected chi connectivity index (χ0v) is 16.8. The highest BCUT2D eigenvalue weighted by molar-refractivity contribution is 5.93. The number of benzene rings is 2. The molecule has 1 unspecified atom stereocenters. The maximum Gasteiger partial charge on any atom is 0.229 e. The van der Waals surface area contributed by atoms with Crippen LogP contribution in [-0.4, -0.2) is 38.7 Å². The number of rotatable bonds is 4. The summed E-state index contributed by atoms with van der Waals surface area (Å²) < 4.78 is 15.2. The van der Waals surface area contributed by atoms with E-state index in [-0.39, 0.29) is 17.6 Å². The SMILES string of the molecule is O=C(Nc1cccc(F)c1)C1CCCN(c2ncnc3nn(-c4ccccc4)cc23)C1. The number of anilines is 2. The van der Waals surface area contributed by atoms with E-state index in [1.54, 1.807) is 16.8 Å². The molecule has 31 heavy (non-hydrogen) atoms. The fourth-order valence-corrected chi connectivity index (χ4v) is 3.98. The lowest BCUT2D eigenvalue weighted by molar-refractivity contribution is -0.120. The first-order valence-corrected chi connectivity index (χ1v) is 10.2. The molecule has 2 aromatic carbocycles. The molecule has 1 aliphatic heterocycles. The summed E-state index contributed by atoms with van der Waals surface area (Å²) in [5.41, 5.74) is 2.02. The van der Waals surface area contributed by atoms with Crippen LogP contribution < -0.4 is 10.2 Å². The van der Waals surface area contributed by atoms with E-state index in [1.165, 1.54) is 18.5 Å². The first-order valence-electron chi connectivity index (χ1n) is 10.2. The van der Waals surface area contributed by atoms with Crippen molar-refractivity contribution in [2.75, 3.05) is 23.3 Å². The number of hydrogen-bond donors (Lipinski definition) is 1. The molecule has 0 aliphatic carbocycles. The zero-order chi connectivity index (χ0) is 21.2. The number of piperidine rings is 1. The van der Waals surface area contributed by atoms with Crippen molar-refractivity contribution in [1.29, 1.82) is 0 Å². The maximum absolute atomic E-state index is 13.4. The molecule has 1 atom stereocenters. The number of nitrogens with zero attached hydrogens (tertiary/aromatic N) is 5. The van der Waals surface area contributed by atoms with E-state index in [9.17, 15) is 9.18 Å². The van der Waals surface area contributed by atoms with E-state index in [4.69, 9.17) is 0 Å². The van der Waals surface area contributed by atoms with E-state index in [0.29, 0.717) is 17.9 Å². The van der Waals surface area contributed by atoms with Crippen molar-refractivity contribution in [2.24, 2.45) is 5.92 Å². The second-order valence-electron chi connectivity index (χ2n) is 7.63. The van der Waals surface area contributed by atoms with E-state index >= 15 is 0 Å². The van der Waals surface area contributed by atoms with Crippen molar-refractivity contribution in [3.05, 3.63) is 72.9 Å². The minimum absolute atomic E-state index is 0.111. The Kier molecular flexibility index (Phi) is 5.03. The van der Waals surface area contributed by atoms with Crippen LogP contribution in [0.15, 0.2) is 67.1 Å². The van der Waals surface area contributed by atoms with Gasteiger partial charge in [-0.15, -0.1) is 5.10 Å². The summed E-state index contributed by atoms with van der Waals surface area (Å²) in [4.78, 5) is 23.7. The molecule has 5 rings (SSSR count). The Morgan fingerprint density at radius 2 is 1.97 bits per heavy atom. The summed E-state index contributed by atoms with van der Waals surface area (Å²) in [6.45, 7) is 1.33. The Morgan fingerprint density at radius 1 is 1.10 bits per heavy atom. The van der Waals surface area contributed by atoms with Gasteiger partial charge < -0.3 is 10.2 Å². The number of carbonyl (C=O) groups is 1. The normalized spacial score (nSPS) is 16.4. The zero-order valence-electron chi connectivity index (χ0n) is 16.8. The minimum Gasteiger partial charge on any atom is -0.355 e. The number of amides is 1. The molecule has 0 bridgehead atoms. The number of halogens is 1. The van der Waals surface area contributed by atoms with Gasteiger partial charge in [0.2, 0.25) is 5.91 Å². The van der Waals surface area contributed by atoms with Gasteiger partial charge in [-0.2, -0.15) is 0 Å². The van der Waals surface area contributed by atoms with Gasteiger partial charge >= 0.3 is 0 Å². The second kappa shape index (κ2) is 8.14. The summed E-state index contributed by atoms with van der Waals surface area (Å²) in [5, 5.41) is 8.26. The molecule has 7 nitrogen and oxygen atoms in total. The molecule has 1 aliphatic rings. The number of fused-ring (bicyclic) bond motifs is 1. The lowest BCUT2D eigenvalue weighted by atomic mass is 9.97. The van der Waals surface area contributed by atoms with Crippen LogP contribution in [0.5, 0.6) is 0 Å². The number of aromatic nitrogens is 4. The van der Waals surface area contributed by atoms with Crippen molar-refractivity contribution in [2.45, 2.75) is 12.8 Å². The van der Waals surface area contributed by atoms with Crippen LogP contribution in [0, 0.1) is 11.7 Å². The van der Waals surface area contributed by atoms with Crippen molar-refractivity contribution in [1.82, 2.24) is 19.7 Å².